The molecule has 102 heavy (non-hydrogen) atoms. The fourth-order valence-electron chi connectivity index (χ4n) is 13.3. The summed E-state index contributed by atoms with van der Waals surface area (Å²) in [5.41, 5.74) is 0. The molecule has 25 heteroatoms. The van der Waals surface area contributed by atoms with Gasteiger partial charge in [0.05, 0.1) is 13.2 Å². The Morgan fingerprint density at radius 3 is 1.14 bits per heavy atom. The molecular formula is C77H141O24P. The summed E-state index contributed by atoms with van der Waals surface area (Å²) in [6.07, 6.45) is 21.5. The normalized spacial score (nSPS) is 27.1. The molecule has 2 saturated heterocycles. The first-order valence-corrected chi connectivity index (χ1v) is 41.7. The minimum atomic E-state index is -5.72. The van der Waals surface area contributed by atoms with Crippen LogP contribution >= 0.6 is 7.82 Å². The van der Waals surface area contributed by atoms with Crippen LogP contribution in [0.25, 0.3) is 0 Å². The van der Waals surface area contributed by atoms with Gasteiger partial charge in [0.2, 0.25) is 0 Å². The van der Waals surface area contributed by atoms with Gasteiger partial charge >= 0.3 is 25.7 Å². The lowest BCUT2D eigenvalue weighted by Gasteiger charge is -2.49. The molecule has 1 saturated carbocycles. The molecule has 0 spiro atoms. The van der Waals surface area contributed by atoms with E-state index in [1.807, 2.05) is 6.08 Å². The highest BCUT2D eigenvalue weighted by molar-refractivity contribution is 7.47. The number of ether oxygens (including phenoxy) is 7. The summed E-state index contributed by atoms with van der Waals surface area (Å²) in [7, 11) is -5.72. The number of carbonyl (C=O) groups excluding carboxylic acids is 3. The second kappa shape index (κ2) is 58.5. The Morgan fingerprint density at radius 1 is 0.402 bits per heavy atom. The molecule has 3 fully saturated rings. The zero-order chi connectivity index (χ0) is 74.6. The standard InChI is InChI=1S/C77H141O24P/c1-4-7-10-13-16-19-22-25-28-29-32-34-36-39-42-45-48-51-61(79)93-55-58(96-63(81)53-50-47-44-41-38-35-31-27-24-21-18-15-12-9-6-3)56-95-102(91,92)101-75-73(99-76-71(89)66(84)64(82)59(54-78)97-76)69(87)68(86)70(88)74(75)100-77-72(90)67(85)65(83)60(98-77)57-94-62(80)52-49-46-43-40-37-33-30-26-23-20-17-14-11-8-5-2/h44,47,50,53,58-60,64-78,82-90H,4-43,45-46,48-49,51-52,54-57H2,1-3H3,(H,91,92)/b47-44+,53-50+. The minimum absolute atomic E-state index is 0.0287. The fourth-order valence-corrected chi connectivity index (χ4v) is 14.3. The Labute approximate surface area is 611 Å². The third-order valence-electron chi connectivity index (χ3n) is 19.8. The number of hydrogen-bond donors (Lipinski definition) is 11. The third-order valence-corrected chi connectivity index (χ3v) is 20.8. The maximum Gasteiger partial charge on any atom is 0.472 e. The van der Waals surface area contributed by atoms with E-state index in [1.54, 1.807) is 6.08 Å². The minimum Gasteiger partial charge on any atom is -0.463 e. The number of phosphoric acid groups is 1. The lowest BCUT2D eigenvalue weighted by molar-refractivity contribution is -0.360. The second-order valence-corrected chi connectivity index (χ2v) is 30.3. The molecule has 18 unspecified atom stereocenters. The molecule has 0 amide bonds. The zero-order valence-corrected chi connectivity index (χ0v) is 63.5. The van der Waals surface area contributed by atoms with Crippen molar-refractivity contribution in [1.29, 1.82) is 0 Å². The van der Waals surface area contributed by atoms with E-state index < -0.39 is 156 Å². The number of esters is 3. The Hall–Kier alpha value is -2.56. The van der Waals surface area contributed by atoms with Gasteiger partial charge in [-0.3, -0.25) is 18.6 Å². The highest BCUT2D eigenvalue weighted by Gasteiger charge is 2.58. The van der Waals surface area contributed by atoms with Gasteiger partial charge in [-0.1, -0.05) is 296 Å². The molecule has 0 aromatic rings. The molecule has 598 valence electrons. The lowest BCUT2D eigenvalue weighted by Crippen LogP contribution is -2.69. The molecule has 11 N–H and O–H groups in total. The van der Waals surface area contributed by atoms with Gasteiger partial charge in [-0.15, -0.1) is 0 Å². The van der Waals surface area contributed by atoms with Crippen molar-refractivity contribution in [3.05, 3.63) is 24.3 Å². The third kappa shape index (κ3) is 40.6. The SMILES string of the molecule is CCCCCCCCCCCCC/C=C/C=C/C(=O)OC(COC(=O)CCCCCCCCCCCCCCCCCCC)COP(=O)(O)OC1C(OC2OC(CO)C(O)C(O)C2O)C(O)C(O)C(O)C1OC1OC(COC(=O)CCCCCCCCCCCCCCCCC)C(O)C(O)C1O. The number of aliphatic hydroxyl groups is 10. The van der Waals surface area contributed by atoms with E-state index in [1.165, 1.54) is 186 Å². The number of allylic oxidation sites excluding steroid dienone is 3. The van der Waals surface area contributed by atoms with Crippen LogP contribution in [-0.4, -0.2) is 204 Å². The summed E-state index contributed by atoms with van der Waals surface area (Å²) in [5.74, 6) is -2.23. The van der Waals surface area contributed by atoms with Gasteiger partial charge < -0.3 is 89.1 Å². The fraction of sp³-hybridized carbons (Fsp3) is 0.909. The van der Waals surface area contributed by atoms with Crippen LogP contribution in [0.4, 0.5) is 0 Å². The molecule has 0 aromatic heterocycles. The number of aliphatic hydroxyl groups excluding tert-OH is 10. The van der Waals surface area contributed by atoms with Crippen molar-refractivity contribution >= 4 is 25.7 Å². The van der Waals surface area contributed by atoms with Gasteiger partial charge in [-0.2, -0.15) is 0 Å². The van der Waals surface area contributed by atoms with Gasteiger partial charge in [0.25, 0.3) is 0 Å². The number of hydrogen-bond acceptors (Lipinski definition) is 23. The highest BCUT2D eigenvalue weighted by atomic mass is 31.2. The number of phosphoric ester groups is 1. The van der Waals surface area contributed by atoms with Gasteiger partial charge in [0, 0.05) is 18.9 Å². The van der Waals surface area contributed by atoms with Crippen LogP contribution in [0.2, 0.25) is 0 Å². The molecule has 2 aliphatic heterocycles. The number of carbonyl (C=O) groups is 3. The lowest BCUT2D eigenvalue weighted by atomic mass is 9.84. The number of unbranched alkanes of at least 4 members (excludes halogenated alkanes) is 41. The maximum absolute atomic E-state index is 14.3. The van der Waals surface area contributed by atoms with Crippen molar-refractivity contribution in [1.82, 2.24) is 0 Å². The Balaban J connectivity index is 1.72. The summed E-state index contributed by atoms with van der Waals surface area (Å²) in [4.78, 5) is 51.0. The average molecular weight is 1480 g/mol. The summed E-state index contributed by atoms with van der Waals surface area (Å²) < 4.78 is 64.9. The predicted octanol–water partition coefficient (Wildman–Crippen LogP) is 12.1. The van der Waals surface area contributed by atoms with Crippen LogP contribution in [0.1, 0.15) is 316 Å². The quantitative estimate of drug-likeness (QED) is 0.00673. The monoisotopic (exact) mass is 1480 g/mol. The summed E-state index contributed by atoms with van der Waals surface area (Å²) in [6, 6.07) is 0. The smallest absolute Gasteiger partial charge is 0.463 e. The summed E-state index contributed by atoms with van der Waals surface area (Å²) >= 11 is 0. The Morgan fingerprint density at radius 2 is 0.745 bits per heavy atom. The Bertz CT molecular complexity index is 2190. The number of rotatable bonds is 63. The van der Waals surface area contributed by atoms with Gasteiger partial charge in [0.1, 0.15) is 98.7 Å². The van der Waals surface area contributed by atoms with Crippen LogP contribution in [0.5, 0.6) is 0 Å². The zero-order valence-electron chi connectivity index (χ0n) is 62.7. The van der Waals surface area contributed by atoms with E-state index in [4.69, 9.17) is 42.2 Å². The van der Waals surface area contributed by atoms with E-state index in [0.717, 1.165) is 96.0 Å². The van der Waals surface area contributed by atoms with Crippen molar-refractivity contribution in [3.63, 3.8) is 0 Å². The van der Waals surface area contributed by atoms with E-state index in [9.17, 15) is 74.9 Å². The molecule has 3 rings (SSSR count). The topological polar surface area (TPSA) is 374 Å². The molecule has 0 aromatic carbocycles. The summed E-state index contributed by atoms with van der Waals surface area (Å²) in [6.45, 7) is 3.38. The second-order valence-electron chi connectivity index (χ2n) is 28.9. The average Bonchev–Trinajstić information content (AvgIpc) is 0.761. The largest absolute Gasteiger partial charge is 0.472 e. The first-order chi connectivity index (χ1) is 49.3. The first-order valence-electron chi connectivity index (χ1n) is 40.2. The van der Waals surface area contributed by atoms with E-state index in [2.05, 4.69) is 20.8 Å². The van der Waals surface area contributed by atoms with Crippen LogP contribution in [0, 0.1) is 0 Å². The van der Waals surface area contributed by atoms with Crippen LogP contribution in [-0.2, 0) is 61.2 Å². The van der Waals surface area contributed by atoms with Crippen molar-refractivity contribution < 1.29 is 117 Å². The van der Waals surface area contributed by atoms with Crippen LogP contribution in [0.3, 0.4) is 0 Å². The van der Waals surface area contributed by atoms with E-state index in [0.29, 0.717) is 12.8 Å². The molecule has 18 atom stereocenters. The van der Waals surface area contributed by atoms with Crippen molar-refractivity contribution in [2.24, 2.45) is 0 Å². The van der Waals surface area contributed by atoms with Gasteiger partial charge in [0.15, 0.2) is 18.7 Å². The maximum atomic E-state index is 14.3. The molecule has 0 bridgehead atoms. The summed E-state index contributed by atoms with van der Waals surface area (Å²) in [5, 5.41) is 110. The molecule has 2 heterocycles. The Kier molecular flexibility index (Phi) is 53.7. The van der Waals surface area contributed by atoms with Crippen molar-refractivity contribution in [2.75, 3.05) is 26.4 Å². The first kappa shape index (κ1) is 93.6. The highest BCUT2D eigenvalue weighted by Crippen LogP contribution is 2.49. The molecule has 3 aliphatic rings. The molecule has 1 aliphatic carbocycles. The molecule has 24 nitrogen and oxygen atoms in total. The van der Waals surface area contributed by atoms with Gasteiger partial charge in [-0.05, 0) is 25.7 Å². The van der Waals surface area contributed by atoms with E-state index in [-0.39, 0.29) is 12.8 Å². The molecular weight excluding hydrogens is 1340 g/mol. The van der Waals surface area contributed by atoms with Gasteiger partial charge in [-0.25, -0.2) is 9.36 Å². The predicted molar refractivity (Wildman–Crippen MR) is 388 cm³/mol. The molecule has 0 radical (unpaired) electrons. The van der Waals surface area contributed by atoms with Crippen molar-refractivity contribution in [2.45, 2.75) is 420 Å². The van der Waals surface area contributed by atoms with Crippen molar-refractivity contribution in [3.8, 4) is 0 Å². The van der Waals surface area contributed by atoms with Crippen LogP contribution < -0.4 is 0 Å². The van der Waals surface area contributed by atoms with Crippen LogP contribution in [0.15, 0.2) is 24.3 Å². The van der Waals surface area contributed by atoms with E-state index >= 15 is 0 Å².